The van der Waals surface area contributed by atoms with Crippen molar-refractivity contribution >= 4 is 5.91 Å². The van der Waals surface area contributed by atoms with Gasteiger partial charge in [0.15, 0.2) is 0 Å². The van der Waals surface area contributed by atoms with Crippen molar-refractivity contribution in [3.8, 4) is 6.07 Å². The van der Waals surface area contributed by atoms with Crippen molar-refractivity contribution in [3.05, 3.63) is 35.4 Å². The van der Waals surface area contributed by atoms with E-state index in [9.17, 15) is 4.79 Å². The molecule has 1 aromatic rings. The van der Waals surface area contributed by atoms with Crippen molar-refractivity contribution < 1.29 is 4.79 Å². The van der Waals surface area contributed by atoms with Crippen LogP contribution in [-0.2, 0) is 0 Å². The van der Waals surface area contributed by atoms with Crippen LogP contribution in [0.2, 0.25) is 0 Å². The molecule has 1 amide bonds. The summed E-state index contributed by atoms with van der Waals surface area (Å²) in [4.78, 5) is 15.0. The standard InChI is InChI=1S/C17H21N3O/c18-12-14-5-4-6-15(11-14)16(21)20-10-9-19-13-17(20)7-2-1-3-8-17/h4-6,11,19H,1-3,7-10,13H2. The summed E-state index contributed by atoms with van der Waals surface area (Å²) in [6.07, 6.45) is 5.84. The third-order valence-electron chi connectivity index (χ3n) is 4.81. The molecule has 110 valence electrons. The van der Waals surface area contributed by atoms with E-state index in [0.29, 0.717) is 11.1 Å². The van der Waals surface area contributed by atoms with Crippen molar-refractivity contribution in [1.82, 2.24) is 10.2 Å². The molecule has 1 spiro atoms. The van der Waals surface area contributed by atoms with Gasteiger partial charge in [0, 0.05) is 25.2 Å². The van der Waals surface area contributed by atoms with Gasteiger partial charge in [0.05, 0.1) is 17.2 Å². The molecular formula is C17H21N3O. The number of nitrogens with zero attached hydrogens (tertiary/aromatic N) is 2. The topological polar surface area (TPSA) is 56.1 Å². The Hall–Kier alpha value is -1.86. The fourth-order valence-corrected chi connectivity index (χ4v) is 3.70. The number of nitrogens with one attached hydrogen (secondary N) is 1. The van der Waals surface area contributed by atoms with Crippen LogP contribution in [0.3, 0.4) is 0 Å². The van der Waals surface area contributed by atoms with Gasteiger partial charge in [-0.2, -0.15) is 5.26 Å². The molecule has 0 radical (unpaired) electrons. The number of rotatable bonds is 1. The number of carbonyl (C=O) groups excluding carboxylic acids is 1. The second-order valence-electron chi connectivity index (χ2n) is 6.11. The van der Waals surface area contributed by atoms with E-state index in [4.69, 9.17) is 5.26 Å². The molecule has 0 bridgehead atoms. The minimum absolute atomic E-state index is 0.0176. The van der Waals surface area contributed by atoms with Crippen molar-refractivity contribution in [2.75, 3.05) is 19.6 Å². The molecule has 1 aliphatic carbocycles. The molecule has 1 saturated carbocycles. The van der Waals surface area contributed by atoms with E-state index in [1.807, 2.05) is 6.07 Å². The Labute approximate surface area is 125 Å². The van der Waals surface area contributed by atoms with Gasteiger partial charge >= 0.3 is 0 Å². The lowest BCUT2D eigenvalue weighted by Gasteiger charge is -2.49. The van der Waals surface area contributed by atoms with E-state index >= 15 is 0 Å². The molecule has 3 rings (SSSR count). The summed E-state index contributed by atoms with van der Waals surface area (Å²) >= 11 is 0. The largest absolute Gasteiger partial charge is 0.330 e. The first-order valence-corrected chi connectivity index (χ1v) is 7.78. The van der Waals surface area contributed by atoms with E-state index in [2.05, 4.69) is 16.3 Å². The summed E-state index contributed by atoms with van der Waals surface area (Å²) in [6, 6.07) is 9.18. The SMILES string of the molecule is N#Cc1cccc(C(=O)N2CCNCC23CCCCC3)c1. The van der Waals surface area contributed by atoms with E-state index in [1.165, 1.54) is 19.3 Å². The third kappa shape index (κ3) is 2.66. The molecule has 21 heavy (non-hydrogen) atoms. The normalized spacial score (nSPS) is 21.0. The number of piperazine rings is 1. The lowest BCUT2D eigenvalue weighted by atomic mass is 9.78. The van der Waals surface area contributed by atoms with E-state index in [-0.39, 0.29) is 11.4 Å². The summed E-state index contributed by atoms with van der Waals surface area (Å²) in [6.45, 7) is 2.51. The molecule has 0 atom stereocenters. The molecular weight excluding hydrogens is 262 g/mol. The summed E-state index contributed by atoms with van der Waals surface area (Å²) in [5, 5.41) is 12.5. The molecule has 1 N–H and O–H groups in total. The number of benzene rings is 1. The van der Waals surface area contributed by atoms with Gasteiger partial charge in [-0.25, -0.2) is 0 Å². The van der Waals surface area contributed by atoms with Gasteiger partial charge in [0.2, 0.25) is 0 Å². The fourth-order valence-electron chi connectivity index (χ4n) is 3.70. The van der Waals surface area contributed by atoms with Gasteiger partial charge in [0.1, 0.15) is 0 Å². The van der Waals surface area contributed by atoms with Crippen LogP contribution in [0, 0.1) is 11.3 Å². The zero-order valence-electron chi connectivity index (χ0n) is 12.3. The molecule has 4 nitrogen and oxygen atoms in total. The van der Waals surface area contributed by atoms with Gasteiger partial charge < -0.3 is 10.2 Å². The molecule has 2 aliphatic rings. The van der Waals surface area contributed by atoms with Crippen LogP contribution in [0.5, 0.6) is 0 Å². The Morgan fingerprint density at radius 3 is 2.86 bits per heavy atom. The Bertz CT molecular complexity index is 561. The minimum atomic E-state index is -0.0176. The van der Waals surface area contributed by atoms with E-state index in [1.54, 1.807) is 18.2 Å². The van der Waals surface area contributed by atoms with Gasteiger partial charge in [-0.3, -0.25) is 4.79 Å². The highest BCUT2D eigenvalue weighted by molar-refractivity contribution is 5.95. The molecule has 4 heteroatoms. The number of amides is 1. The summed E-state index contributed by atoms with van der Waals surface area (Å²) < 4.78 is 0. The summed E-state index contributed by atoms with van der Waals surface area (Å²) in [5.74, 6) is 0.0792. The molecule has 1 aromatic carbocycles. The van der Waals surface area contributed by atoms with E-state index < -0.39 is 0 Å². The highest BCUT2D eigenvalue weighted by atomic mass is 16.2. The van der Waals surface area contributed by atoms with Crippen LogP contribution in [0.15, 0.2) is 24.3 Å². The van der Waals surface area contributed by atoms with Gasteiger partial charge in [-0.1, -0.05) is 25.3 Å². The van der Waals surface area contributed by atoms with Crippen LogP contribution in [0.1, 0.15) is 48.0 Å². The van der Waals surface area contributed by atoms with Crippen molar-refractivity contribution in [2.24, 2.45) is 0 Å². The lowest BCUT2D eigenvalue weighted by Crippen LogP contribution is -2.63. The second kappa shape index (κ2) is 5.87. The van der Waals surface area contributed by atoms with Crippen LogP contribution in [0.25, 0.3) is 0 Å². The van der Waals surface area contributed by atoms with E-state index in [0.717, 1.165) is 32.5 Å². The highest BCUT2D eigenvalue weighted by Crippen LogP contribution is 2.35. The Balaban J connectivity index is 1.89. The minimum Gasteiger partial charge on any atom is -0.330 e. The predicted octanol–water partition coefficient (Wildman–Crippen LogP) is 2.31. The Morgan fingerprint density at radius 1 is 1.29 bits per heavy atom. The molecule has 1 aliphatic heterocycles. The number of nitriles is 1. The monoisotopic (exact) mass is 283 g/mol. The maximum absolute atomic E-state index is 12.9. The highest BCUT2D eigenvalue weighted by Gasteiger charge is 2.42. The average Bonchev–Trinajstić information content (AvgIpc) is 2.55. The third-order valence-corrected chi connectivity index (χ3v) is 4.81. The first kappa shape index (κ1) is 14.1. The maximum atomic E-state index is 12.9. The van der Waals surface area contributed by atoms with Gasteiger partial charge in [-0.05, 0) is 31.0 Å². The number of hydrogen-bond donors (Lipinski definition) is 1. The smallest absolute Gasteiger partial charge is 0.254 e. The lowest BCUT2D eigenvalue weighted by molar-refractivity contribution is 0.0222. The Kier molecular flexibility index (Phi) is 3.94. The molecule has 0 unspecified atom stereocenters. The quantitative estimate of drug-likeness (QED) is 0.860. The molecule has 1 saturated heterocycles. The fraction of sp³-hybridized carbons (Fsp3) is 0.529. The molecule has 2 fully saturated rings. The van der Waals surface area contributed by atoms with Crippen molar-refractivity contribution in [1.29, 1.82) is 5.26 Å². The van der Waals surface area contributed by atoms with Crippen molar-refractivity contribution in [3.63, 3.8) is 0 Å². The maximum Gasteiger partial charge on any atom is 0.254 e. The second-order valence-corrected chi connectivity index (χ2v) is 6.11. The zero-order valence-corrected chi connectivity index (χ0v) is 12.3. The number of hydrogen-bond acceptors (Lipinski definition) is 3. The van der Waals surface area contributed by atoms with Crippen molar-refractivity contribution in [2.45, 2.75) is 37.6 Å². The first-order chi connectivity index (χ1) is 10.2. The number of carbonyl (C=O) groups is 1. The van der Waals surface area contributed by atoms with Crippen LogP contribution in [-0.4, -0.2) is 36.0 Å². The van der Waals surface area contributed by atoms with Gasteiger partial charge in [0.25, 0.3) is 5.91 Å². The van der Waals surface area contributed by atoms with Crippen LogP contribution in [0.4, 0.5) is 0 Å². The predicted molar refractivity (Wildman–Crippen MR) is 80.9 cm³/mol. The van der Waals surface area contributed by atoms with Crippen LogP contribution < -0.4 is 5.32 Å². The summed E-state index contributed by atoms with van der Waals surface area (Å²) in [7, 11) is 0. The Morgan fingerprint density at radius 2 is 2.10 bits per heavy atom. The first-order valence-electron chi connectivity index (χ1n) is 7.78. The molecule has 0 aromatic heterocycles. The average molecular weight is 283 g/mol. The molecule has 1 heterocycles. The zero-order chi connectivity index (χ0) is 14.7. The van der Waals surface area contributed by atoms with Crippen LogP contribution >= 0.6 is 0 Å². The van der Waals surface area contributed by atoms with Gasteiger partial charge in [-0.15, -0.1) is 0 Å². The summed E-state index contributed by atoms with van der Waals surface area (Å²) in [5.41, 5.74) is 1.17.